The highest BCUT2D eigenvalue weighted by Gasteiger charge is 2.20. The zero-order valence-corrected chi connectivity index (χ0v) is 9.54. The fraction of sp³-hybridized carbons (Fsp3) is 0.400. The van der Waals surface area contributed by atoms with E-state index in [1.807, 2.05) is 12.1 Å². The van der Waals surface area contributed by atoms with Crippen molar-refractivity contribution < 1.29 is 0 Å². The molecule has 0 unspecified atom stereocenters. The molecule has 0 saturated heterocycles. The van der Waals surface area contributed by atoms with Crippen LogP contribution < -0.4 is 11.1 Å². The van der Waals surface area contributed by atoms with Crippen LogP contribution in [-0.2, 0) is 0 Å². The Bertz CT molecular complexity index is 308. The molecule has 0 atom stereocenters. The molecule has 3 N–H and O–H groups in total. The summed E-state index contributed by atoms with van der Waals surface area (Å²) in [6.07, 6.45) is 2.77. The molecule has 1 fully saturated rings. The fourth-order valence-corrected chi connectivity index (χ4v) is 1.98. The van der Waals surface area contributed by atoms with Gasteiger partial charge in [0.05, 0.1) is 0 Å². The molecule has 0 spiro atoms. The van der Waals surface area contributed by atoms with Crippen LogP contribution >= 0.6 is 22.6 Å². The highest BCUT2D eigenvalue weighted by Crippen LogP contribution is 2.30. The number of halogens is 1. The standard InChI is InChI=1S/C10H13IN2/c11-9-5-8(12)3-4-10(9)13-6-7-1-2-7/h3-5,7,13H,1-2,6,12H2. The monoisotopic (exact) mass is 288 g/mol. The fourth-order valence-electron chi connectivity index (χ4n) is 1.25. The quantitative estimate of drug-likeness (QED) is 0.663. The summed E-state index contributed by atoms with van der Waals surface area (Å²) in [6.45, 7) is 1.11. The Morgan fingerprint density at radius 1 is 1.46 bits per heavy atom. The SMILES string of the molecule is Nc1ccc(NCC2CC2)c(I)c1. The van der Waals surface area contributed by atoms with Crippen LogP contribution in [0, 0.1) is 9.49 Å². The molecule has 3 heteroatoms. The topological polar surface area (TPSA) is 38.0 Å². The molecule has 13 heavy (non-hydrogen) atoms. The average molecular weight is 288 g/mol. The lowest BCUT2D eigenvalue weighted by Gasteiger charge is -2.07. The first-order chi connectivity index (χ1) is 6.25. The highest BCUT2D eigenvalue weighted by molar-refractivity contribution is 14.1. The van der Waals surface area contributed by atoms with Crippen LogP contribution in [-0.4, -0.2) is 6.54 Å². The van der Waals surface area contributed by atoms with Gasteiger partial charge in [0.1, 0.15) is 0 Å². The summed E-state index contributed by atoms with van der Waals surface area (Å²) in [5, 5.41) is 3.44. The molecule has 0 bridgehead atoms. The molecule has 2 nitrogen and oxygen atoms in total. The molecule has 0 aliphatic heterocycles. The van der Waals surface area contributed by atoms with E-state index in [-0.39, 0.29) is 0 Å². The van der Waals surface area contributed by atoms with Crippen LogP contribution in [0.5, 0.6) is 0 Å². The van der Waals surface area contributed by atoms with Crippen LogP contribution in [0.3, 0.4) is 0 Å². The zero-order valence-electron chi connectivity index (χ0n) is 7.39. The second-order valence-corrected chi connectivity index (χ2v) is 4.73. The first-order valence-corrected chi connectivity index (χ1v) is 5.62. The Balaban J connectivity index is 2.01. The van der Waals surface area contributed by atoms with Gasteiger partial charge in [0, 0.05) is 21.5 Å². The highest BCUT2D eigenvalue weighted by atomic mass is 127. The smallest absolute Gasteiger partial charge is 0.0477 e. The van der Waals surface area contributed by atoms with Gasteiger partial charge in [-0.25, -0.2) is 0 Å². The number of nitrogens with one attached hydrogen (secondary N) is 1. The lowest BCUT2D eigenvalue weighted by molar-refractivity contribution is 0.888. The molecule has 0 aromatic heterocycles. The molecular weight excluding hydrogens is 275 g/mol. The summed E-state index contributed by atoms with van der Waals surface area (Å²) in [5.74, 6) is 0.911. The summed E-state index contributed by atoms with van der Waals surface area (Å²) in [5.41, 5.74) is 7.71. The van der Waals surface area contributed by atoms with E-state index in [9.17, 15) is 0 Å². The average Bonchev–Trinajstić information content (AvgIpc) is 2.86. The first kappa shape index (κ1) is 9.12. The minimum Gasteiger partial charge on any atom is -0.399 e. The van der Waals surface area contributed by atoms with E-state index < -0.39 is 0 Å². The van der Waals surface area contributed by atoms with Crippen LogP contribution in [0.2, 0.25) is 0 Å². The Hall–Kier alpha value is -0.450. The summed E-state index contributed by atoms with van der Waals surface area (Å²) in [4.78, 5) is 0. The van der Waals surface area contributed by atoms with Gasteiger partial charge in [-0.15, -0.1) is 0 Å². The number of nitrogens with two attached hydrogens (primary N) is 1. The number of hydrogen-bond acceptors (Lipinski definition) is 2. The summed E-state index contributed by atoms with van der Waals surface area (Å²) in [6, 6.07) is 5.99. The van der Waals surface area contributed by atoms with E-state index in [0.717, 1.165) is 18.2 Å². The Morgan fingerprint density at radius 3 is 2.85 bits per heavy atom. The molecule has 2 rings (SSSR count). The van der Waals surface area contributed by atoms with Crippen molar-refractivity contribution in [2.75, 3.05) is 17.6 Å². The summed E-state index contributed by atoms with van der Waals surface area (Å²) >= 11 is 2.31. The zero-order chi connectivity index (χ0) is 9.26. The molecule has 1 aliphatic carbocycles. The Kier molecular flexibility index (Phi) is 2.62. The molecular formula is C10H13IN2. The van der Waals surface area contributed by atoms with E-state index in [2.05, 4.69) is 34.0 Å². The molecule has 1 saturated carbocycles. The molecule has 1 aromatic rings. The van der Waals surface area contributed by atoms with Gasteiger partial charge in [0.25, 0.3) is 0 Å². The van der Waals surface area contributed by atoms with Crippen molar-refractivity contribution in [2.24, 2.45) is 5.92 Å². The third-order valence-electron chi connectivity index (χ3n) is 2.27. The van der Waals surface area contributed by atoms with Gasteiger partial charge < -0.3 is 11.1 Å². The van der Waals surface area contributed by atoms with E-state index in [1.54, 1.807) is 0 Å². The van der Waals surface area contributed by atoms with E-state index in [4.69, 9.17) is 5.73 Å². The third-order valence-corrected chi connectivity index (χ3v) is 3.16. The second kappa shape index (κ2) is 3.74. The lowest BCUT2D eigenvalue weighted by atomic mass is 10.3. The van der Waals surface area contributed by atoms with E-state index >= 15 is 0 Å². The van der Waals surface area contributed by atoms with Gasteiger partial charge in [-0.1, -0.05) is 0 Å². The summed E-state index contributed by atoms with van der Waals surface area (Å²) in [7, 11) is 0. The van der Waals surface area contributed by atoms with Gasteiger partial charge in [-0.2, -0.15) is 0 Å². The normalized spacial score (nSPS) is 15.8. The number of anilines is 2. The number of hydrogen-bond donors (Lipinski definition) is 2. The third kappa shape index (κ3) is 2.49. The van der Waals surface area contributed by atoms with Crippen molar-refractivity contribution in [1.29, 1.82) is 0 Å². The molecule has 1 aliphatic rings. The predicted molar refractivity (Wildman–Crippen MR) is 64.8 cm³/mol. The van der Waals surface area contributed by atoms with Gasteiger partial charge in [0.2, 0.25) is 0 Å². The Morgan fingerprint density at radius 2 is 2.23 bits per heavy atom. The van der Waals surface area contributed by atoms with Crippen molar-refractivity contribution >= 4 is 34.0 Å². The lowest BCUT2D eigenvalue weighted by Crippen LogP contribution is -2.04. The maximum atomic E-state index is 5.66. The van der Waals surface area contributed by atoms with Crippen molar-refractivity contribution in [3.63, 3.8) is 0 Å². The first-order valence-electron chi connectivity index (χ1n) is 4.54. The van der Waals surface area contributed by atoms with Gasteiger partial charge in [-0.3, -0.25) is 0 Å². The van der Waals surface area contributed by atoms with Crippen molar-refractivity contribution in [3.05, 3.63) is 21.8 Å². The van der Waals surface area contributed by atoms with Crippen LogP contribution in [0.4, 0.5) is 11.4 Å². The largest absolute Gasteiger partial charge is 0.399 e. The maximum Gasteiger partial charge on any atom is 0.0477 e. The van der Waals surface area contributed by atoms with Crippen molar-refractivity contribution in [3.8, 4) is 0 Å². The van der Waals surface area contributed by atoms with Crippen molar-refractivity contribution in [1.82, 2.24) is 0 Å². The number of nitrogen functional groups attached to an aromatic ring is 1. The van der Waals surface area contributed by atoms with Crippen LogP contribution in [0.1, 0.15) is 12.8 Å². The van der Waals surface area contributed by atoms with Crippen LogP contribution in [0.25, 0.3) is 0 Å². The van der Waals surface area contributed by atoms with Gasteiger partial charge >= 0.3 is 0 Å². The molecule has 0 radical (unpaired) electrons. The molecule has 70 valence electrons. The minimum absolute atomic E-state index is 0.835. The molecule has 0 heterocycles. The summed E-state index contributed by atoms with van der Waals surface area (Å²) < 4.78 is 1.21. The van der Waals surface area contributed by atoms with Gasteiger partial charge in [0.15, 0.2) is 0 Å². The van der Waals surface area contributed by atoms with E-state index in [0.29, 0.717) is 0 Å². The predicted octanol–water partition coefficient (Wildman–Crippen LogP) is 2.70. The second-order valence-electron chi connectivity index (χ2n) is 3.56. The van der Waals surface area contributed by atoms with Crippen LogP contribution in [0.15, 0.2) is 18.2 Å². The number of rotatable bonds is 3. The van der Waals surface area contributed by atoms with E-state index in [1.165, 1.54) is 22.1 Å². The number of benzene rings is 1. The van der Waals surface area contributed by atoms with Gasteiger partial charge in [-0.05, 0) is 59.5 Å². The maximum absolute atomic E-state index is 5.66. The molecule has 0 amide bonds. The Labute approximate surface area is 92.0 Å². The molecule has 1 aromatic carbocycles. The minimum atomic E-state index is 0.835. The van der Waals surface area contributed by atoms with Crippen molar-refractivity contribution in [2.45, 2.75) is 12.8 Å².